The summed E-state index contributed by atoms with van der Waals surface area (Å²) in [5, 5.41) is 14.3. The number of rotatable bonds is 4. The molecule has 0 bridgehead atoms. The summed E-state index contributed by atoms with van der Waals surface area (Å²) >= 11 is 0. The zero-order valence-corrected chi connectivity index (χ0v) is 14.7. The number of fused-ring (bicyclic) bond motifs is 1. The second kappa shape index (κ2) is 5.56. The van der Waals surface area contributed by atoms with Crippen molar-refractivity contribution in [1.82, 2.24) is 14.1 Å². The number of aliphatic carboxylic acids is 1. The van der Waals surface area contributed by atoms with Crippen LogP contribution in [0.2, 0.25) is 0 Å². The lowest BCUT2D eigenvalue weighted by Gasteiger charge is -2.20. The molecular formula is C16H21N3O4S. The summed E-state index contributed by atoms with van der Waals surface area (Å²) in [4.78, 5) is 11.5. The molecule has 1 aliphatic heterocycles. The van der Waals surface area contributed by atoms with Crippen molar-refractivity contribution in [2.24, 2.45) is 5.41 Å². The molecule has 24 heavy (non-hydrogen) atoms. The molecule has 1 aliphatic rings. The zero-order valence-electron chi connectivity index (χ0n) is 13.9. The van der Waals surface area contributed by atoms with Crippen molar-refractivity contribution in [3.05, 3.63) is 24.4 Å². The zero-order chi connectivity index (χ0) is 17.7. The maximum atomic E-state index is 12.8. The molecule has 0 aliphatic carbocycles. The first-order valence-corrected chi connectivity index (χ1v) is 9.30. The monoisotopic (exact) mass is 351 g/mol. The number of sulfonamides is 1. The van der Waals surface area contributed by atoms with Gasteiger partial charge in [0, 0.05) is 24.5 Å². The highest BCUT2D eigenvalue weighted by Gasteiger charge is 2.44. The Labute approximate surface area is 140 Å². The molecule has 3 rings (SSSR count). The van der Waals surface area contributed by atoms with E-state index in [1.165, 1.54) is 4.31 Å². The Balaban J connectivity index is 1.96. The molecule has 1 aromatic carbocycles. The summed E-state index contributed by atoms with van der Waals surface area (Å²) in [5.41, 5.74) is -0.152. The van der Waals surface area contributed by atoms with Gasteiger partial charge in [0.05, 0.1) is 22.0 Å². The maximum Gasteiger partial charge on any atom is 0.310 e. The van der Waals surface area contributed by atoms with Gasteiger partial charge < -0.3 is 5.11 Å². The van der Waals surface area contributed by atoms with Gasteiger partial charge in [0.2, 0.25) is 10.0 Å². The van der Waals surface area contributed by atoms with E-state index in [4.69, 9.17) is 0 Å². The number of benzene rings is 1. The molecule has 7 nitrogen and oxygen atoms in total. The average molecular weight is 351 g/mol. The lowest BCUT2D eigenvalue weighted by atomic mass is 9.90. The lowest BCUT2D eigenvalue weighted by Crippen LogP contribution is -2.34. The fourth-order valence-electron chi connectivity index (χ4n) is 3.05. The van der Waals surface area contributed by atoms with Crippen molar-refractivity contribution in [1.29, 1.82) is 0 Å². The van der Waals surface area contributed by atoms with E-state index in [1.54, 1.807) is 31.3 Å². The molecule has 1 aromatic heterocycles. The molecule has 0 amide bonds. The lowest BCUT2D eigenvalue weighted by molar-refractivity contribution is -0.146. The molecule has 130 valence electrons. The highest BCUT2D eigenvalue weighted by molar-refractivity contribution is 7.89. The van der Waals surface area contributed by atoms with Crippen LogP contribution in [-0.2, 0) is 14.8 Å². The molecule has 1 saturated heterocycles. The quantitative estimate of drug-likeness (QED) is 0.910. The molecule has 8 heteroatoms. The minimum absolute atomic E-state index is 0.00599. The van der Waals surface area contributed by atoms with Crippen LogP contribution in [-0.4, -0.2) is 46.7 Å². The van der Waals surface area contributed by atoms with E-state index < -0.39 is 21.4 Å². The second-order valence-electron chi connectivity index (χ2n) is 6.86. The number of hydrogen-bond acceptors (Lipinski definition) is 4. The van der Waals surface area contributed by atoms with E-state index in [2.05, 4.69) is 5.10 Å². The molecule has 1 fully saturated rings. The number of hydrogen-bond donors (Lipinski definition) is 1. The van der Waals surface area contributed by atoms with Crippen LogP contribution >= 0.6 is 0 Å². The average Bonchev–Trinajstić information content (AvgIpc) is 3.11. The summed E-state index contributed by atoms with van der Waals surface area (Å²) < 4.78 is 28.8. The first-order chi connectivity index (χ1) is 11.1. The van der Waals surface area contributed by atoms with Crippen molar-refractivity contribution in [3.8, 4) is 0 Å². The summed E-state index contributed by atoms with van der Waals surface area (Å²) in [6.07, 6.45) is 1.97. The van der Waals surface area contributed by atoms with Gasteiger partial charge in [-0.2, -0.15) is 9.40 Å². The number of carboxylic acids is 1. The second-order valence-corrected chi connectivity index (χ2v) is 8.80. The van der Waals surface area contributed by atoms with Crippen LogP contribution < -0.4 is 0 Å². The highest BCUT2D eigenvalue weighted by atomic mass is 32.2. The van der Waals surface area contributed by atoms with Crippen molar-refractivity contribution in [2.75, 3.05) is 13.1 Å². The Morgan fingerprint density at radius 1 is 1.38 bits per heavy atom. The predicted octanol–water partition coefficient (Wildman–Crippen LogP) is 2.10. The van der Waals surface area contributed by atoms with Gasteiger partial charge in [0.15, 0.2) is 0 Å². The van der Waals surface area contributed by atoms with Crippen LogP contribution in [0.5, 0.6) is 0 Å². The fourth-order valence-corrected chi connectivity index (χ4v) is 4.65. The topological polar surface area (TPSA) is 92.5 Å². The number of aromatic nitrogens is 2. The van der Waals surface area contributed by atoms with Crippen LogP contribution in [0, 0.1) is 5.41 Å². The standard InChI is InChI=1S/C16H21N3O4S/c1-11(2)19-14-5-4-13(8-12(14)9-17-19)24(22,23)18-7-6-16(3,10-18)15(20)21/h4-5,8-9,11H,6-7,10H2,1-3H3,(H,20,21). The van der Waals surface area contributed by atoms with E-state index in [-0.39, 0.29) is 24.0 Å². The highest BCUT2D eigenvalue weighted by Crippen LogP contribution is 2.34. The van der Waals surface area contributed by atoms with Crippen molar-refractivity contribution in [2.45, 2.75) is 38.1 Å². The van der Waals surface area contributed by atoms with Crippen LogP contribution in [0.4, 0.5) is 0 Å². The third-order valence-electron chi connectivity index (χ3n) is 4.65. The Bertz CT molecular complexity index is 903. The van der Waals surface area contributed by atoms with Gasteiger partial charge in [-0.25, -0.2) is 8.42 Å². The Kier molecular flexibility index (Phi) is 3.92. The first kappa shape index (κ1) is 16.9. The van der Waals surface area contributed by atoms with Crippen molar-refractivity contribution in [3.63, 3.8) is 0 Å². The molecule has 2 aromatic rings. The predicted molar refractivity (Wildman–Crippen MR) is 89.2 cm³/mol. The van der Waals surface area contributed by atoms with E-state index in [0.29, 0.717) is 6.42 Å². The van der Waals surface area contributed by atoms with Crippen molar-refractivity contribution >= 4 is 26.9 Å². The minimum Gasteiger partial charge on any atom is -0.481 e. The third kappa shape index (κ3) is 2.59. The van der Waals surface area contributed by atoms with Crippen LogP contribution in [0.25, 0.3) is 10.9 Å². The molecule has 0 spiro atoms. The summed E-state index contributed by atoms with van der Waals surface area (Å²) in [6.45, 7) is 5.81. The molecule has 0 radical (unpaired) electrons. The minimum atomic E-state index is -3.71. The fraction of sp³-hybridized carbons (Fsp3) is 0.500. The van der Waals surface area contributed by atoms with Gasteiger partial charge in [-0.3, -0.25) is 9.48 Å². The van der Waals surface area contributed by atoms with E-state index >= 15 is 0 Å². The van der Waals surface area contributed by atoms with Crippen molar-refractivity contribution < 1.29 is 18.3 Å². The third-order valence-corrected chi connectivity index (χ3v) is 6.49. The molecular weight excluding hydrogens is 330 g/mol. The summed E-state index contributed by atoms with van der Waals surface area (Å²) in [7, 11) is -3.71. The number of carboxylic acid groups (broad SMARTS) is 1. The Hall–Kier alpha value is -1.93. The summed E-state index contributed by atoms with van der Waals surface area (Å²) in [6, 6.07) is 5.10. The van der Waals surface area contributed by atoms with Gasteiger partial charge in [-0.15, -0.1) is 0 Å². The maximum absolute atomic E-state index is 12.8. The SMILES string of the molecule is CC(C)n1ncc2cc(S(=O)(=O)N3CCC(C)(C(=O)O)C3)ccc21. The van der Waals surface area contributed by atoms with E-state index in [9.17, 15) is 18.3 Å². The van der Waals surface area contributed by atoms with Gasteiger partial charge in [-0.1, -0.05) is 0 Å². The van der Waals surface area contributed by atoms with Crippen LogP contribution in [0.3, 0.4) is 0 Å². The number of nitrogens with zero attached hydrogens (tertiary/aromatic N) is 3. The van der Waals surface area contributed by atoms with Gasteiger partial charge in [-0.05, 0) is 45.4 Å². The van der Waals surface area contributed by atoms with Gasteiger partial charge >= 0.3 is 5.97 Å². The Morgan fingerprint density at radius 3 is 2.67 bits per heavy atom. The molecule has 0 saturated carbocycles. The Morgan fingerprint density at radius 2 is 2.08 bits per heavy atom. The molecule has 2 heterocycles. The smallest absolute Gasteiger partial charge is 0.310 e. The molecule has 1 unspecified atom stereocenters. The first-order valence-electron chi connectivity index (χ1n) is 7.86. The summed E-state index contributed by atoms with van der Waals surface area (Å²) in [5.74, 6) is -0.964. The van der Waals surface area contributed by atoms with Gasteiger partial charge in [0.25, 0.3) is 0 Å². The van der Waals surface area contributed by atoms with E-state index in [1.807, 2.05) is 18.5 Å². The molecule has 1 atom stereocenters. The van der Waals surface area contributed by atoms with E-state index in [0.717, 1.165) is 10.9 Å². The largest absolute Gasteiger partial charge is 0.481 e. The number of carbonyl (C=O) groups is 1. The van der Waals surface area contributed by atoms with Gasteiger partial charge in [0.1, 0.15) is 0 Å². The van der Waals surface area contributed by atoms with Crippen LogP contribution in [0.1, 0.15) is 33.2 Å². The normalized spacial score (nSPS) is 22.5. The molecule has 1 N–H and O–H groups in total. The van der Waals surface area contributed by atoms with Crippen LogP contribution in [0.15, 0.2) is 29.3 Å².